The van der Waals surface area contributed by atoms with Crippen LogP contribution >= 0.6 is 0 Å². The predicted molar refractivity (Wildman–Crippen MR) is 111 cm³/mol. The summed E-state index contributed by atoms with van der Waals surface area (Å²) in [5.74, 6) is -0.588. The van der Waals surface area contributed by atoms with Gasteiger partial charge in [0.2, 0.25) is 16.0 Å². The van der Waals surface area contributed by atoms with E-state index in [2.05, 4.69) is 26.7 Å². The summed E-state index contributed by atoms with van der Waals surface area (Å²) >= 11 is 0. The van der Waals surface area contributed by atoms with Gasteiger partial charge in [-0.2, -0.15) is 10.2 Å². The quantitative estimate of drug-likeness (QED) is 0.644. The highest BCUT2D eigenvalue weighted by atomic mass is 32.2. The number of benzene rings is 1. The molecule has 0 amide bonds. The first-order valence-corrected chi connectivity index (χ1v) is 10.4. The topological polar surface area (TPSA) is 134 Å². The molecule has 3 rings (SSSR count). The summed E-state index contributed by atoms with van der Waals surface area (Å²) in [7, 11) is -3.86. The number of halogens is 1. The van der Waals surface area contributed by atoms with Gasteiger partial charge in [-0.3, -0.25) is 0 Å². The molecule has 30 heavy (non-hydrogen) atoms. The normalized spacial score (nSPS) is 15.2. The number of nitriles is 1. The molecule has 1 aliphatic carbocycles. The molecule has 1 aromatic heterocycles. The van der Waals surface area contributed by atoms with Crippen molar-refractivity contribution in [1.29, 1.82) is 5.26 Å². The van der Waals surface area contributed by atoms with Crippen molar-refractivity contribution in [1.82, 2.24) is 9.97 Å². The first-order valence-electron chi connectivity index (χ1n) is 8.89. The van der Waals surface area contributed by atoms with E-state index in [1.165, 1.54) is 18.2 Å². The lowest BCUT2D eigenvalue weighted by Crippen LogP contribution is -2.12. The third-order valence-electron chi connectivity index (χ3n) is 4.26. The minimum atomic E-state index is -3.86. The summed E-state index contributed by atoms with van der Waals surface area (Å²) in [5, 5.41) is 19.6. The number of sulfonamides is 1. The van der Waals surface area contributed by atoms with Gasteiger partial charge in [-0.25, -0.2) is 22.9 Å². The molecule has 1 heterocycles. The van der Waals surface area contributed by atoms with Crippen molar-refractivity contribution in [3.05, 3.63) is 71.4 Å². The van der Waals surface area contributed by atoms with Crippen LogP contribution in [0.4, 0.5) is 21.8 Å². The molecule has 154 valence electrons. The molecule has 1 aromatic carbocycles. The van der Waals surface area contributed by atoms with E-state index >= 15 is 0 Å². The maximum atomic E-state index is 14.2. The van der Waals surface area contributed by atoms with Gasteiger partial charge in [-0.15, -0.1) is 0 Å². The van der Waals surface area contributed by atoms with E-state index in [1.54, 1.807) is 12.1 Å². The molecule has 10 heteroatoms. The van der Waals surface area contributed by atoms with Gasteiger partial charge >= 0.3 is 0 Å². The number of hydrogen-bond donors (Lipinski definition) is 3. The molecule has 0 radical (unpaired) electrons. The molecular weight excluding hydrogens is 407 g/mol. The van der Waals surface area contributed by atoms with Crippen LogP contribution in [0.2, 0.25) is 0 Å². The molecule has 0 spiro atoms. The summed E-state index contributed by atoms with van der Waals surface area (Å²) < 4.78 is 37.2. The Kier molecular flexibility index (Phi) is 6.25. The van der Waals surface area contributed by atoms with E-state index in [0.29, 0.717) is 24.2 Å². The lowest BCUT2D eigenvalue weighted by atomic mass is 9.98. The molecule has 0 saturated heterocycles. The van der Waals surface area contributed by atoms with Gasteiger partial charge in [0.25, 0.3) is 0 Å². The Morgan fingerprint density at radius 1 is 1.33 bits per heavy atom. The molecule has 0 atom stereocenters. The monoisotopic (exact) mass is 426 g/mol. The van der Waals surface area contributed by atoms with Gasteiger partial charge in [-0.05, 0) is 48.8 Å². The summed E-state index contributed by atoms with van der Waals surface area (Å²) in [6, 6.07) is 7.90. The van der Waals surface area contributed by atoms with Crippen LogP contribution in [-0.2, 0) is 10.0 Å². The lowest BCUT2D eigenvalue weighted by molar-refractivity contribution is 0.598. The highest BCUT2D eigenvalue weighted by Crippen LogP contribution is 2.26. The fourth-order valence-electron chi connectivity index (χ4n) is 2.78. The van der Waals surface area contributed by atoms with Crippen LogP contribution < -0.4 is 15.8 Å². The van der Waals surface area contributed by atoms with E-state index in [9.17, 15) is 12.8 Å². The molecule has 0 unspecified atom stereocenters. The van der Waals surface area contributed by atoms with Crippen molar-refractivity contribution in [2.24, 2.45) is 5.14 Å². The van der Waals surface area contributed by atoms with E-state index in [0.717, 1.165) is 17.3 Å². The SMILES string of the molecule is CC1=C(Nc2nc(Nc3cccc(S(N)(=O)=O)c3)ncc2F)C=CC(=CCC#N)C1. The van der Waals surface area contributed by atoms with Gasteiger partial charge in [0.05, 0.1) is 23.6 Å². The number of nitrogens with one attached hydrogen (secondary N) is 2. The predicted octanol–water partition coefficient (Wildman–Crippen LogP) is 3.49. The Morgan fingerprint density at radius 3 is 2.83 bits per heavy atom. The highest BCUT2D eigenvalue weighted by Gasteiger charge is 2.13. The van der Waals surface area contributed by atoms with Gasteiger partial charge < -0.3 is 10.6 Å². The fraction of sp³-hybridized carbons (Fsp3) is 0.150. The lowest BCUT2D eigenvalue weighted by Gasteiger charge is -2.17. The number of nitrogens with two attached hydrogens (primary N) is 1. The molecule has 0 aliphatic heterocycles. The number of primary sulfonamides is 1. The molecular formula is C20H19FN6O2S. The van der Waals surface area contributed by atoms with Crippen molar-refractivity contribution in [2.75, 3.05) is 10.6 Å². The second-order valence-corrected chi connectivity index (χ2v) is 8.12. The molecule has 0 saturated carbocycles. The Morgan fingerprint density at radius 2 is 2.13 bits per heavy atom. The smallest absolute Gasteiger partial charge is 0.238 e. The van der Waals surface area contributed by atoms with Crippen LogP contribution in [0.15, 0.2) is 70.4 Å². The third kappa shape index (κ3) is 5.28. The van der Waals surface area contributed by atoms with E-state index in [1.807, 2.05) is 19.1 Å². The fourth-order valence-corrected chi connectivity index (χ4v) is 3.34. The Balaban J connectivity index is 1.80. The highest BCUT2D eigenvalue weighted by molar-refractivity contribution is 7.89. The molecule has 4 N–H and O–H groups in total. The van der Waals surface area contributed by atoms with Gasteiger partial charge in [0.15, 0.2) is 11.6 Å². The Labute approximate surface area is 173 Å². The average Bonchev–Trinajstić information content (AvgIpc) is 2.70. The zero-order valence-electron chi connectivity index (χ0n) is 16.1. The third-order valence-corrected chi connectivity index (χ3v) is 5.18. The second kappa shape index (κ2) is 8.86. The van der Waals surface area contributed by atoms with Crippen molar-refractivity contribution >= 4 is 27.5 Å². The zero-order valence-corrected chi connectivity index (χ0v) is 16.9. The summed E-state index contributed by atoms with van der Waals surface area (Å²) in [5.41, 5.74) is 3.07. The van der Waals surface area contributed by atoms with Gasteiger partial charge in [-0.1, -0.05) is 18.2 Å². The van der Waals surface area contributed by atoms with Crippen molar-refractivity contribution < 1.29 is 12.8 Å². The standard InChI is InChI=1S/C20H19FN6O2S/c1-13-10-14(4-3-9-22)7-8-18(13)26-19-17(21)12-24-20(27-19)25-15-5-2-6-16(11-15)30(23,28)29/h2,4-8,11-12H,3,10H2,1H3,(H2,23,28,29)(H2,24,25,26,27). The Bertz CT molecular complexity index is 1210. The first kappa shape index (κ1) is 21.2. The summed E-state index contributed by atoms with van der Waals surface area (Å²) in [6.07, 6.45) is 7.49. The van der Waals surface area contributed by atoms with Crippen LogP contribution in [0.3, 0.4) is 0 Å². The van der Waals surface area contributed by atoms with E-state index < -0.39 is 15.8 Å². The number of hydrogen-bond acceptors (Lipinski definition) is 7. The molecule has 0 fully saturated rings. The molecule has 8 nitrogen and oxygen atoms in total. The number of aromatic nitrogens is 2. The van der Waals surface area contributed by atoms with E-state index in [4.69, 9.17) is 10.4 Å². The van der Waals surface area contributed by atoms with Crippen molar-refractivity contribution in [2.45, 2.75) is 24.7 Å². The minimum Gasteiger partial charge on any atom is -0.338 e. The largest absolute Gasteiger partial charge is 0.338 e. The summed E-state index contributed by atoms with van der Waals surface area (Å²) in [6.45, 7) is 1.91. The van der Waals surface area contributed by atoms with Crippen LogP contribution in [0.5, 0.6) is 0 Å². The number of rotatable bonds is 6. The minimum absolute atomic E-state index is 0.0291. The van der Waals surface area contributed by atoms with Crippen LogP contribution in [-0.4, -0.2) is 18.4 Å². The average molecular weight is 426 g/mol. The van der Waals surface area contributed by atoms with Crippen LogP contribution in [0.1, 0.15) is 19.8 Å². The number of allylic oxidation sites excluding steroid dienone is 5. The van der Waals surface area contributed by atoms with Crippen LogP contribution in [0, 0.1) is 17.1 Å². The van der Waals surface area contributed by atoms with E-state index in [-0.39, 0.29) is 16.7 Å². The zero-order chi connectivity index (χ0) is 21.7. The first-order chi connectivity index (χ1) is 14.3. The Hall–Kier alpha value is -3.55. The maximum Gasteiger partial charge on any atom is 0.238 e. The van der Waals surface area contributed by atoms with Crippen molar-refractivity contribution in [3.8, 4) is 6.07 Å². The molecule has 0 bridgehead atoms. The van der Waals surface area contributed by atoms with Gasteiger partial charge in [0.1, 0.15) is 0 Å². The van der Waals surface area contributed by atoms with Gasteiger partial charge in [0, 0.05) is 11.4 Å². The number of anilines is 3. The maximum absolute atomic E-state index is 14.2. The number of nitrogens with zero attached hydrogens (tertiary/aromatic N) is 3. The van der Waals surface area contributed by atoms with Crippen LogP contribution in [0.25, 0.3) is 0 Å². The molecule has 1 aliphatic rings. The molecule has 2 aromatic rings. The second-order valence-electron chi connectivity index (χ2n) is 6.56. The van der Waals surface area contributed by atoms with Crippen molar-refractivity contribution in [3.63, 3.8) is 0 Å². The summed E-state index contributed by atoms with van der Waals surface area (Å²) in [4.78, 5) is 7.97.